The Kier molecular flexibility index (Phi) is 5.61. The number of aliphatic hydroxyl groups is 1. The first kappa shape index (κ1) is 16.2. The van der Waals surface area contributed by atoms with Gasteiger partial charge < -0.3 is 5.11 Å². The fraction of sp³-hybridized carbons (Fsp3) is 0.667. The number of aryl methyl sites for hydroxylation is 2. The lowest BCUT2D eigenvalue weighted by Crippen LogP contribution is -2.19. The van der Waals surface area contributed by atoms with Gasteiger partial charge in [0.25, 0.3) is 0 Å². The molecule has 0 bridgehead atoms. The van der Waals surface area contributed by atoms with Crippen molar-refractivity contribution in [2.75, 3.05) is 0 Å². The van der Waals surface area contributed by atoms with Crippen molar-refractivity contribution in [2.24, 2.45) is 11.3 Å². The predicted octanol–water partition coefficient (Wildman–Crippen LogP) is 4.92. The Morgan fingerprint density at radius 3 is 2.11 bits per heavy atom. The molecule has 0 amide bonds. The summed E-state index contributed by atoms with van der Waals surface area (Å²) in [5.74, 6) is 0.499. The first-order chi connectivity index (χ1) is 8.79. The summed E-state index contributed by atoms with van der Waals surface area (Å²) in [6.45, 7) is 13.3. The van der Waals surface area contributed by atoms with Gasteiger partial charge in [-0.15, -0.1) is 0 Å². The second-order valence-corrected chi connectivity index (χ2v) is 6.75. The van der Waals surface area contributed by atoms with E-state index in [1.807, 2.05) is 0 Å². The molecule has 0 heterocycles. The maximum atomic E-state index is 10.4. The first-order valence-corrected chi connectivity index (χ1v) is 7.59. The summed E-state index contributed by atoms with van der Waals surface area (Å²) in [4.78, 5) is 0. The van der Waals surface area contributed by atoms with E-state index in [-0.39, 0.29) is 11.5 Å². The van der Waals surface area contributed by atoms with Crippen molar-refractivity contribution in [2.45, 2.75) is 66.9 Å². The summed E-state index contributed by atoms with van der Waals surface area (Å²) in [6, 6.07) is 6.47. The van der Waals surface area contributed by atoms with Gasteiger partial charge in [0.15, 0.2) is 0 Å². The molecule has 0 aliphatic rings. The summed E-state index contributed by atoms with van der Waals surface area (Å²) in [5.41, 5.74) is 4.10. The van der Waals surface area contributed by atoms with Crippen LogP contribution in [0.15, 0.2) is 18.2 Å². The monoisotopic (exact) mass is 262 g/mol. The summed E-state index contributed by atoms with van der Waals surface area (Å²) < 4.78 is 0. The van der Waals surface area contributed by atoms with Gasteiger partial charge in [-0.1, -0.05) is 59.7 Å². The predicted molar refractivity (Wildman–Crippen MR) is 83.4 cm³/mol. The minimum absolute atomic E-state index is 0.248. The van der Waals surface area contributed by atoms with Gasteiger partial charge in [-0.3, -0.25) is 0 Å². The lowest BCUT2D eigenvalue weighted by Gasteiger charge is -2.29. The van der Waals surface area contributed by atoms with Crippen LogP contribution in [-0.2, 0) is 12.8 Å². The first-order valence-electron chi connectivity index (χ1n) is 7.59. The molecule has 108 valence electrons. The maximum Gasteiger partial charge on any atom is 0.0792 e. The molecule has 0 fully saturated rings. The third-order valence-electron chi connectivity index (χ3n) is 4.43. The van der Waals surface area contributed by atoms with E-state index in [2.05, 4.69) is 59.7 Å². The third-order valence-corrected chi connectivity index (χ3v) is 4.43. The van der Waals surface area contributed by atoms with Crippen LogP contribution < -0.4 is 0 Å². The van der Waals surface area contributed by atoms with E-state index in [9.17, 15) is 5.11 Å². The number of benzene rings is 1. The van der Waals surface area contributed by atoms with Gasteiger partial charge in [-0.2, -0.15) is 0 Å². The second-order valence-electron chi connectivity index (χ2n) is 6.75. The molecule has 0 spiro atoms. The van der Waals surface area contributed by atoms with Gasteiger partial charge in [-0.25, -0.2) is 0 Å². The highest BCUT2D eigenvalue weighted by atomic mass is 16.3. The molecule has 0 aliphatic heterocycles. The molecule has 1 heteroatoms. The molecule has 0 radical (unpaired) electrons. The third kappa shape index (κ3) is 4.35. The van der Waals surface area contributed by atoms with Gasteiger partial charge in [-0.05, 0) is 47.3 Å². The Labute approximate surface area is 119 Å². The summed E-state index contributed by atoms with van der Waals surface area (Å²) in [7, 11) is 0. The van der Waals surface area contributed by atoms with Crippen LogP contribution in [0, 0.1) is 11.3 Å². The summed E-state index contributed by atoms with van der Waals surface area (Å²) in [5, 5.41) is 10.4. The summed E-state index contributed by atoms with van der Waals surface area (Å²) in [6.07, 6.45) is 2.60. The van der Waals surface area contributed by atoms with E-state index in [1.165, 1.54) is 11.1 Å². The van der Waals surface area contributed by atoms with Gasteiger partial charge in [0.2, 0.25) is 0 Å². The molecule has 2 unspecified atom stereocenters. The molecular weight excluding hydrogens is 232 g/mol. The molecule has 0 aromatic heterocycles. The SMILES string of the molecule is CCc1ccc(C(O)CC(C)C(C)(C)C)cc1CC. The number of hydrogen-bond acceptors (Lipinski definition) is 1. The zero-order valence-electron chi connectivity index (χ0n) is 13.5. The topological polar surface area (TPSA) is 20.2 Å². The van der Waals surface area contributed by atoms with Crippen molar-refractivity contribution < 1.29 is 5.11 Å². The second kappa shape index (κ2) is 6.56. The Morgan fingerprint density at radius 2 is 1.63 bits per heavy atom. The molecule has 2 atom stereocenters. The fourth-order valence-corrected chi connectivity index (χ4v) is 2.35. The average Bonchev–Trinajstić information content (AvgIpc) is 2.36. The van der Waals surface area contributed by atoms with Crippen LogP contribution in [0.25, 0.3) is 0 Å². The Bertz CT molecular complexity index is 401. The van der Waals surface area contributed by atoms with Crippen LogP contribution in [0.5, 0.6) is 0 Å². The van der Waals surface area contributed by atoms with Crippen LogP contribution in [0.1, 0.15) is 70.8 Å². The Morgan fingerprint density at radius 1 is 1.05 bits per heavy atom. The quantitative estimate of drug-likeness (QED) is 0.798. The number of aliphatic hydroxyl groups excluding tert-OH is 1. The molecule has 1 nitrogen and oxygen atoms in total. The van der Waals surface area contributed by atoms with Crippen molar-refractivity contribution in [1.82, 2.24) is 0 Å². The van der Waals surface area contributed by atoms with E-state index in [1.54, 1.807) is 0 Å². The van der Waals surface area contributed by atoms with E-state index in [4.69, 9.17) is 0 Å². The lowest BCUT2D eigenvalue weighted by molar-refractivity contribution is 0.110. The number of rotatable bonds is 5. The van der Waals surface area contributed by atoms with Crippen LogP contribution >= 0.6 is 0 Å². The van der Waals surface area contributed by atoms with Crippen LogP contribution in [0.4, 0.5) is 0 Å². The van der Waals surface area contributed by atoms with Crippen molar-refractivity contribution in [3.63, 3.8) is 0 Å². The molecule has 19 heavy (non-hydrogen) atoms. The molecular formula is C18H30O. The smallest absolute Gasteiger partial charge is 0.0792 e. The average molecular weight is 262 g/mol. The zero-order chi connectivity index (χ0) is 14.6. The lowest BCUT2D eigenvalue weighted by atomic mass is 9.78. The maximum absolute atomic E-state index is 10.4. The molecule has 1 rings (SSSR count). The van der Waals surface area contributed by atoms with Crippen molar-refractivity contribution in [1.29, 1.82) is 0 Å². The van der Waals surface area contributed by atoms with E-state index in [0.717, 1.165) is 24.8 Å². The van der Waals surface area contributed by atoms with Crippen LogP contribution in [0.3, 0.4) is 0 Å². The van der Waals surface area contributed by atoms with Crippen molar-refractivity contribution >= 4 is 0 Å². The molecule has 0 saturated heterocycles. The van der Waals surface area contributed by atoms with Gasteiger partial charge in [0.1, 0.15) is 0 Å². The highest BCUT2D eigenvalue weighted by molar-refractivity contribution is 5.33. The fourth-order valence-electron chi connectivity index (χ4n) is 2.35. The molecule has 0 aliphatic carbocycles. The van der Waals surface area contributed by atoms with Crippen molar-refractivity contribution in [3.05, 3.63) is 34.9 Å². The Balaban J connectivity index is 2.85. The molecule has 1 aromatic carbocycles. The minimum Gasteiger partial charge on any atom is -0.388 e. The highest BCUT2D eigenvalue weighted by Gasteiger charge is 2.23. The molecule has 1 N–H and O–H groups in total. The van der Waals surface area contributed by atoms with Crippen molar-refractivity contribution in [3.8, 4) is 0 Å². The summed E-state index contributed by atoms with van der Waals surface area (Å²) >= 11 is 0. The largest absolute Gasteiger partial charge is 0.388 e. The van der Waals surface area contributed by atoms with E-state index in [0.29, 0.717) is 5.92 Å². The Hall–Kier alpha value is -0.820. The molecule has 1 aromatic rings. The normalized spacial score (nSPS) is 15.3. The van der Waals surface area contributed by atoms with Crippen LogP contribution in [0.2, 0.25) is 0 Å². The minimum atomic E-state index is -0.342. The van der Waals surface area contributed by atoms with Gasteiger partial charge in [0, 0.05) is 0 Å². The van der Waals surface area contributed by atoms with Gasteiger partial charge in [0.05, 0.1) is 6.10 Å². The van der Waals surface area contributed by atoms with Gasteiger partial charge >= 0.3 is 0 Å². The number of hydrogen-bond donors (Lipinski definition) is 1. The van der Waals surface area contributed by atoms with E-state index >= 15 is 0 Å². The highest BCUT2D eigenvalue weighted by Crippen LogP contribution is 2.33. The molecule has 0 saturated carbocycles. The van der Waals surface area contributed by atoms with E-state index < -0.39 is 0 Å². The zero-order valence-corrected chi connectivity index (χ0v) is 13.5. The van der Waals surface area contributed by atoms with Crippen LogP contribution in [-0.4, -0.2) is 5.11 Å². The standard InChI is InChI=1S/C18H30O/c1-7-14-9-10-16(12-15(14)8-2)17(19)11-13(3)18(4,5)6/h9-10,12-13,17,19H,7-8,11H2,1-6H3.